The molecule has 0 radical (unpaired) electrons. The van der Waals surface area contributed by atoms with Gasteiger partial charge in [-0.2, -0.15) is 15.3 Å². The molecule has 2 rings (SSSR count). The molecule has 0 aliphatic heterocycles. The van der Waals surface area contributed by atoms with E-state index >= 15 is 0 Å². The zero-order chi connectivity index (χ0) is 11.7. The monoisotopic (exact) mass is 217 g/mol. The van der Waals surface area contributed by atoms with E-state index in [1.54, 1.807) is 17.1 Å². The molecule has 0 aromatic carbocycles. The lowest BCUT2D eigenvalue weighted by molar-refractivity contribution is 0.779. The largest absolute Gasteiger partial charge is 0.384 e. The molecular weight excluding hydrogens is 202 g/mol. The first-order valence-corrected chi connectivity index (χ1v) is 5.20. The van der Waals surface area contributed by atoms with Gasteiger partial charge in [0.15, 0.2) is 0 Å². The quantitative estimate of drug-likeness (QED) is 0.829. The molecule has 5 heteroatoms. The van der Waals surface area contributed by atoms with Gasteiger partial charge in [-0.05, 0) is 12.0 Å². The highest BCUT2D eigenvalue weighted by molar-refractivity contribution is 5.68. The van der Waals surface area contributed by atoms with E-state index in [1.165, 1.54) is 0 Å². The number of aryl methyl sites for hydroxylation is 1. The second-order valence-electron chi connectivity index (χ2n) is 4.06. The lowest BCUT2D eigenvalue weighted by atomic mass is 10.00. The van der Waals surface area contributed by atoms with Gasteiger partial charge < -0.3 is 5.73 Å². The Morgan fingerprint density at radius 3 is 2.62 bits per heavy atom. The molecule has 0 saturated carbocycles. The minimum atomic E-state index is 0.330. The van der Waals surface area contributed by atoms with Crippen LogP contribution in [0.3, 0.4) is 0 Å². The summed E-state index contributed by atoms with van der Waals surface area (Å²) in [5.74, 6) is 1.04. The van der Waals surface area contributed by atoms with E-state index in [0.717, 1.165) is 16.8 Å². The third-order valence-electron chi connectivity index (χ3n) is 2.56. The van der Waals surface area contributed by atoms with Crippen LogP contribution in [0.1, 0.15) is 25.3 Å². The Balaban J connectivity index is 2.62. The first kappa shape index (κ1) is 10.6. The maximum absolute atomic E-state index is 6.01. The third-order valence-corrected chi connectivity index (χ3v) is 2.56. The fourth-order valence-corrected chi connectivity index (χ4v) is 1.77. The second-order valence-corrected chi connectivity index (χ2v) is 4.06. The molecule has 0 fully saturated rings. The van der Waals surface area contributed by atoms with Gasteiger partial charge in [0.2, 0.25) is 0 Å². The third kappa shape index (κ3) is 1.64. The summed E-state index contributed by atoms with van der Waals surface area (Å²) in [4.78, 5) is 0. The maximum atomic E-state index is 6.01. The summed E-state index contributed by atoms with van der Waals surface area (Å²) in [6.45, 7) is 4.21. The second kappa shape index (κ2) is 3.92. The molecule has 2 aromatic rings. The number of nitrogens with zero attached hydrogens (tertiary/aromatic N) is 4. The smallest absolute Gasteiger partial charge is 0.125 e. The van der Waals surface area contributed by atoms with E-state index < -0.39 is 0 Å². The van der Waals surface area contributed by atoms with Gasteiger partial charge in [0.1, 0.15) is 5.82 Å². The van der Waals surface area contributed by atoms with Gasteiger partial charge in [0, 0.05) is 18.2 Å². The Morgan fingerprint density at radius 1 is 1.31 bits per heavy atom. The summed E-state index contributed by atoms with van der Waals surface area (Å²) >= 11 is 0. The Hall–Kier alpha value is -1.91. The van der Waals surface area contributed by atoms with Crippen molar-refractivity contribution < 1.29 is 0 Å². The number of anilines is 1. The van der Waals surface area contributed by atoms with E-state index in [4.69, 9.17) is 5.73 Å². The summed E-state index contributed by atoms with van der Waals surface area (Å²) < 4.78 is 1.70. The van der Waals surface area contributed by atoms with Gasteiger partial charge in [-0.25, -0.2) is 0 Å². The predicted octanol–water partition coefficient (Wildman–Crippen LogP) is 1.58. The van der Waals surface area contributed by atoms with Crippen molar-refractivity contribution in [2.45, 2.75) is 19.8 Å². The van der Waals surface area contributed by atoms with Crippen LogP contribution in [0.25, 0.3) is 11.3 Å². The van der Waals surface area contributed by atoms with Crippen LogP contribution in [0.15, 0.2) is 18.5 Å². The molecule has 2 N–H and O–H groups in total. The summed E-state index contributed by atoms with van der Waals surface area (Å²) in [5, 5.41) is 12.0. The highest BCUT2D eigenvalue weighted by Crippen LogP contribution is 2.31. The molecular formula is C11H15N5. The summed E-state index contributed by atoms with van der Waals surface area (Å²) in [6, 6.07) is 1.89. The van der Waals surface area contributed by atoms with Crippen LogP contribution < -0.4 is 5.73 Å². The van der Waals surface area contributed by atoms with Gasteiger partial charge >= 0.3 is 0 Å². The highest BCUT2D eigenvalue weighted by atomic mass is 15.3. The number of nitrogens with two attached hydrogens (primary N) is 1. The van der Waals surface area contributed by atoms with Crippen LogP contribution in [0, 0.1) is 0 Å². The number of aromatic nitrogens is 4. The Bertz CT molecular complexity index is 487. The van der Waals surface area contributed by atoms with Crippen molar-refractivity contribution in [2.75, 3.05) is 5.73 Å². The molecule has 2 aromatic heterocycles. The number of rotatable bonds is 2. The molecule has 0 unspecified atom stereocenters. The van der Waals surface area contributed by atoms with Crippen molar-refractivity contribution in [1.82, 2.24) is 20.0 Å². The van der Waals surface area contributed by atoms with E-state index in [9.17, 15) is 0 Å². The lowest BCUT2D eigenvalue weighted by Crippen LogP contribution is -2.00. The van der Waals surface area contributed by atoms with Crippen LogP contribution >= 0.6 is 0 Å². The normalized spacial score (nSPS) is 11.0. The minimum absolute atomic E-state index is 0.330. The molecule has 0 aliphatic rings. The van der Waals surface area contributed by atoms with Gasteiger partial charge in [-0.15, -0.1) is 0 Å². The predicted molar refractivity (Wildman–Crippen MR) is 62.7 cm³/mol. The zero-order valence-corrected chi connectivity index (χ0v) is 9.68. The summed E-state index contributed by atoms with van der Waals surface area (Å²) in [5.41, 5.74) is 8.91. The molecule has 0 saturated heterocycles. The van der Waals surface area contributed by atoms with Gasteiger partial charge in [-0.1, -0.05) is 13.8 Å². The fraction of sp³-hybridized carbons (Fsp3) is 0.364. The Labute approximate surface area is 94.3 Å². The Morgan fingerprint density at radius 2 is 2.06 bits per heavy atom. The van der Waals surface area contributed by atoms with Crippen molar-refractivity contribution >= 4 is 5.82 Å². The van der Waals surface area contributed by atoms with E-state index in [1.807, 2.05) is 13.1 Å². The van der Waals surface area contributed by atoms with Crippen LogP contribution in [0.2, 0.25) is 0 Å². The van der Waals surface area contributed by atoms with Crippen molar-refractivity contribution in [3.63, 3.8) is 0 Å². The van der Waals surface area contributed by atoms with Crippen LogP contribution in [-0.2, 0) is 7.05 Å². The fourth-order valence-electron chi connectivity index (χ4n) is 1.77. The zero-order valence-electron chi connectivity index (χ0n) is 9.68. The molecule has 0 aliphatic carbocycles. The molecule has 0 bridgehead atoms. The number of hydrogen-bond acceptors (Lipinski definition) is 4. The molecule has 0 amide bonds. The molecule has 0 atom stereocenters. The SMILES string of the molecule is CC(C)c1c(-c2ccnnc2)nn(C)c1N. The molecule has 2 heterocycles. The standard InChI is InChI=1S/C11H15N5/c1-7(2)9-10(15-16(3)11(9)12)8-4-5-13-14-6-8/h4-7H,12H2,1-3H3. The van der Waals surface area contributed by atoms with Crippen LogP contribution in [0.4, 0.5) is 5.82 Å². The molecule has 0 spiro atoms. The Kier molecular flexibility index (Phi) is 2.60. The lowest BCUT2D eigenvalue weighted by Gasteiger charge is -2.06. The summed E-state index contributed by atoms with van der Waals surface area (Å²) in [6.07, 6.45) is 3.36. The van der Waals surface area contributed by atoms with Gasteiger partial charge in [-0.3, -0.25) is 4.68 Å². The minimum Gasteiger partial charge on any atom is -0.384 e. The molecule has 84 valence electrons. The summed E-state index contributed by atoms with van der Waals surface area (Å²) in [7, 11) is 1.85. The van der Waals surface area contributed by atoms with Crippen LogP contribution in [0.5, 0.6) is 0 Å². The maximum Gasteiger partial charge on any atom is 0.125 e. The first-order chi connectivity index (χ1) is 7.61. The average Bonchev–Trinajstić information content (AvgIpc) is 2.57. The van der Waals surface area contributed by atoms with E-state index in [-0.39, 0.29) is 0 Å². The van der Waals surface area contributed by atoms with Gasteiger partial charge in [0.05, 0.1) is 18.1 Å². The van der Waals surface area contributed by atoms with Crippen molar-refractivity contribution in [2.24, 2.45) is 7.05 Å². The van der Waals surface area contributed by atoms with Crippen LogP contribution in [-0.4, -0.2) is 20.0 Å². The highest BCUT2D eigenvalue weighted by Gasteiger charge is 2.18. The number of nitrogen functional groups attached to an aromatic ring is 1. The van der Waals surface area contributed by atoms with Gasteiger partial charge in [0.25, 0.3) is 0 Å². The van der Waals surface area contributed by atoms with Crippen molar-refractivity contribution in [1.29, 1.82) is 0 Å². The van der Waals surface area contributed by atoms with E-state index in [2.05, 4.69) is 29.1 Å². The van der Waals surface area contributed by atoms with E-state index in [0.29, 0.717) is 11.7 Å². The molecule has 5 nitrogen and oxygen atoms in total. The average molecular weight is 217 g/mol. The topological polar surface area (TPSA) is 69.6 Å². The first-order valence-electron chi connectivity index (χ1n) is 5.20. The van der Waals surface area contributed by atoms with Crippen molar-refractivity contribution in [3.8, 4) is 11.3 Å². The van der Waals surface area contributed by atoms with Crippen molar-refractivity contribution in [3.05, 3.63) is 24.0 Å². The molecule has 16 heavy (non-hydrogen) atoms. The number of hydrogen-bond donors (Lipinski definition) is 1.